The van der Waals surface area contributed by atoms with Gasteiger partial charge < -0.3 is 10.1 Å². The van der Waals surface area contributed by atoms with E-state index in [0.717, 1.165) is 22.2 Å². The van der Waals surface area contributed by atoms with E-state index in [-0.39, 0.29) is 12.0 Å². The molecule has 0 atom stereocenters. The molecule has 2 aromatic carbocycles. The first-order chi connectivity index (χ1) is 13.5. The molecule has 0 unspecified atom stereocenters. The van der Waals surface area contributed by atoms with Gasteiger partial charge in [-0.2, -0.15) is 0 Å². The predicted octanol–water partition coefficient (Wildman–Crippen LogP) is 3.43. The quantitative estimate of drug-likeness (QED) is 0.465. The Kier molecular flexibility index (Phi) is 6.06. The molecule has 3 N–H and O–H groups in total. The monoisotopic (exact) mass is 394 g/mol. The van der Waals surface area contributed by atoms with Crippen molar-refractivity contribution in [2.75, 3.05) is 7.05 Å². The highest BCUT2D eigenvalue weighted by Crippen LogP contribution is 2.26. The Labute approximate surface area is 169 Å². The van der Waals surface area contributed by atoms with Crippen LogP contribution in [-0.4, -0.2) is 29.2 Å². The SMILES string of the molecule is CNC(=S)NNC(=O)c1cc(-c2ccc(OC(C)C)cc2)nc2ccccc12. The number of nitrogens with one attached hydrogen (secondary N) is 3. The number of thiocarbonyl (C=S) groups is 1. The average molecular weight is 395 g/mol. The zero-order valence-corrected chi connectivity index (χ0v) is 16.8. The number of rotatable bonds is 4. The van der Waals surface area contributed by atoms with E-state index in [1.165, 1.54) is 0 Å². The second-order valence-electron chi connectivity index (χ2n) is 6.42. The van der Waals surface area contributed by atoms with E-state index in [2.05, 4.69) is 16.2 Å². The first-order valence-electron chi connectivity index (χ1n) is 8.93. The van der Waals surface area contributed by atoms with E-state index in [4.69, 9.17) is 21.9 Å². The zero-order valence-electron chi connectivity index (χ0n) is 15.9. The number of carbonyl (C=O) groups is 1. The number of pyridine rings is 1. The summed E-state index contributed by atoms with van der Waals surface area (Å²) in [5.74, 6) is 0.500. The standard InChI is InChI=1S/C21H22N4O2S/c1-13(2)27-15-10-8-14(9-11-15)19-12-17(20(26)24-25-21(28)22-3)16-6-4-5-7-18(16)23-19/h4-13H,1-3H3,(H,24,26)(H2,22,25,28). The molecule has 6 nitrogen and oxygen atoms in total. The van der Waals surface area contributed by atoms with Gasteiger partial charge in [0.2, 0.25) is 0 Å². The molecule has 0 fully saturated rings. The van der Waals surface area contributed by atoms with Crippen molar-refractivity contribution in [3.63, 3.8) is 0 Å². The smallest absolute Gasteiger partial charge is 0.270 e. The number of para-hydroxylation sites is 1. The van der Waals surface area contributed by atoms with Gasteiger partial charge in [0.1, 0.15) is 5.75 Å². The van der Waals surface area contributed by atoms with Crippen LogP contribution in [0.3, 0.4) is 0 Å². The average Bonchev–Trinajstić information content (AvgIpc) is 2.71. The molecular weight excluding hydrogens is 372 g/mol. The molecule has 3 aromatic rings. The van der Waals surface area contributed by atoms with Gasteiger partial charge in [-0.15, -0.1) is 0 Å². The largest absolute Gasteiger partial charge is 0.491 e. The van der Waals surface area contributed by atoms with Gasteiger partial charge in [0.25, 0.3) is 5.91 Å². The molecule has 3 rings (SSSR count). The highest BCUT2D eigenvalue weighted by atomic mass is 32.1. The van der Waals surface area contributed by atoms with Crippen molar-refractivity contribution >= 4 is 34.1 Å². The molecule has 1 aromatic heterocycles. The van der Waals surface area contributed by atoms with Crippen LogP contribution < -0.4 is 20.9 Å². The van der Waals surface area contributed by atoms with Crippen LogP contribution in [0, 0.1) is 0 Å². The van der Waals surface area contributed by atoms with Crippen molar-refractivity contribution in [1.82, 2.24) is 21.2 Å². The molecule has 0 aliphatic rings. The number of carbonyl (C=O) groups excluding carboxylic acids is 1. The molecule has 0 spiro atoms. The Morgan fingerprint density at radius 1 is 1.07 bits per heavy atom. The molecule has 0 saturated carbocycles. The van der Waals surface area contributed by atoms with Crippen LogP contribution in [0.5, 0.6) is 5.75 Å². The van der Waals surface area contributed by atoms with Crippen molar-refractivity contribution in [2.45, 2.75) is 20.0 Å². The summed E-state index contributed by atoms with van der Waals surface area (Å²) < 4.78 is 5.69. The second-order valence-corrected chi connectivity index (χ2v) is 6.83. The molecule has 0 saturated heterocycles. The number of hydrogen-bond acceptors (Lipinski definition) is 4. The number of benzene rings is 2. The van der Waals surface area contributed by atoms with Crippen molar-refractivity contribution in [3.8, 4) is 17.0 Å². The summed E-state index contributed by atoms with van der Waals surface area (Å²) in [6, 6.07) is 17.0. The maximum Gasteiger partial charge on any atom is 0.270 e. The van der Waals surface area contributed by atoms with E-state index in [1.807, 2.05) is 62.4 Å². The third-order valence-electron chi connectivity index (χ3n) is 4.00. The van der Waals surface area contributed by atoms with Crippen molar-refractivity contribution in [2.24, 2.45) is 0 Å². The Balaban J connectivity index is 1.97. The Bertz CT molecular complexity index is 1000. The fourth-order valence-corrected chi connectivity index (χ4v) is 2.78. The molecule has 1 amide bonds. The molecule has 0 aliphatic heterocycles. The summed E-state index contributed by atoms with van der Waals surface area (Å²) in [5, 5.41) is 3.84. The number of hydrogen-bond donors (Lipinski definition) is 3. The number of ether oxygens (including phenoxy) is 1. The van der Waals surface area contributed by atoms with E-state index in [0.29, 0.717) is 16.4 Å². The lowest BCUT2D eigenvalue weighted by molar-refractivity contribution is 0.0945. The molecule has 1 heterocycles. The normalized spacial score (nSPS) is 10.6. The van der Waals surface area contributed by atoms with Crippen LogP contribution in [0.1, 0.15) is 24.2 Å². The fraction of sp³-hybridized carbons (Fsp3) is 0.190. The molecule has 0 aliphatic carbocycles. The summed E-state index contributed by atoms with van der Waals surface area (Å²) in [4.78, 5) is 17.4. The molecule has 7 heteroatoms. The Morgan fingerprint density at radius 3 is 2.46 bits per heavy atom. The zero-order chi connectivity index (χ0) is 20.1. The van der Waals surface area contributed by atoms with Crippen LogP contribution >= 0.6 is 12.2 Å². The highest BCUT2D eigenvalue weighted by Gasteiger charge is 2.14. The second kappa shape index (κ2) is 8.67. The van der Waals surface area contributed by atoms with E-state index >= 15 is 0 Å². The van der Waals surface area contributed by atoms with Crippen LogP contribution in [0.2, 0.25) is 0 Å². The van der Waals surface area contributed by atoms with Crippen molar-refractivity contribution < 1.29 is 9.53 Å². The number of hydrazine groups is 1. The molecule has 0 radical (unpaired) electrons. The maximum atomic E-state index is 12.7. The van der Waals surface area contributed by atoms with Gasteiger partial charge in [0.15, 0.2) is 5.11 Å². The number of amides is 1. The molecule has 0 bridgehead atoms. The third kappa shape index (κ3) is 4.55. The minimum absolute atomic E-state index is 0.108. The lowest BCUT2D eigenvalue weighted by Crippen LogP contribution is -2.45. The van der Waals surface area contributed by atoms with E-state index in [9.17, 15) is 4.79 Å². The van der Waals surface area contributed by atoms with Crippen LogP contribution in [0.25, 0.3) is 22.2 Å². The lowest BCUT2D eigenvalue weighted by Gasteiger charge is -2.13. The van der Waals surface area contributed by atoms with Gasteiger partial charge in [-0.1, -0.05) is 18.2 Å². The summed E-state index contributed by atoms with van der Waals surface area (Å²) in [6.07, 6.45) is 0.108. The summed E-state index contributed by atoms with van der Waals surface area (Å²) >= 11 is 5.00. The van der Waals surface area contributed by atoms with Gasteiger partial charge in [0, 0.05) is 18.0 Å². The number of nitrogens with zero attached hydrogens (tertiary/aromatic N) is 1. The summed E-state index contributed by atoms with van der Waals surface area (Å²) in [7, 11) is 1.67. The highest BCUT2D eigenvalue weighted by molar-refractivity contribution is 7.80. The minimum atomic E-state index is -0.294. The van der Waals surface area contributed by atoms with E-state index in [1.54, 1.807) is 13.1 Å². The fourth-order valence-electron chi connectivity index (χ4n) is 2.73. The first kappa shape index (κ1) is 19.6. The van der Waals surface area contributed by atoms with Gasteiger partial charge in [-0.25, -0.2) is 4.98 Å². The summed E-state index contributed by atoms with van der Waals surface area (Å²) in [6.45, 7) is 3.97. The Morgan fingerprint density at radius 2 is 1.79 bits per heavy atom. The number of fused-ring (bicyclic) bond motifs is 1. The third-order valence-corrected chi connectivity index (χ3v) is 4.31. The molecular formula is C21H22N4O2S. The van der Waals surface area contributed by atoms with Crippen molar-refractivity contribution in [1.29, 1.82) is 0 Å². The summed E-state index contributed by atoms with van der Waals surface area (Å²) in [5.41, 5.74) is 8.13. The van der Waals surface area contributed by atoms with Crippen LogP contribution in [-0.2, 0) is 0 Å². The Hall–Kier alpha value is -3.19. The lowest BCUT2D eigenvalue weighted by atomic mass is 10.0. The van der Waals surface area contributed by atoms with Crippen molar-refractivity contribution in [3.05, 3.63) is 60.2 Å². The maximum absolute atomic E-state index is 12.7. The van der Waals surface area contributed by atoms with Gasteiger partial charge in [-0.05, 0) is 62.5 Å². The molecule has 28 heavy (non-hydrogen) atoms. The van der Waals surface area contributed by atoms with Crippen LogP contribution in [0.4, 0.5) is 0 Å². The first-order valence-corrected chi connectivity index (χ1v) is 9.33. The van der Waals surface area contributed by atoms with Gasteiger partial charge in [0.05, 0.1) is 22.9 Å². The van der Waals surface area contributed by atoms with E-state index < -0.39 is 0 Å². The van der Waals surface area contributed by atoms with Gasteiger partial charge >= 0.3 is 0 Å². The number of aromatic nitrogens is 1. The predicted molar refractivity (Wildman–Crippen MR) is 115 cm³/mol. The topological polar surface area (TPSA) is 75.3 Å². The molecule has 144 valence electrons. The minimum Gasteiger partial charge on any atom is -0.491 e. The van der Waals surface area contributed by atoms with Gasteiger partial charge in [-0.3, -0.25) is 15.6 Å². The van der Waals surface area contributed by atoms with Crippen LogP contribution in [0.15, 0.2) is 54.6 Å².